The Morgan fingerprint density at radius 3 is 2.44 bits per heavy atom. The number of para-hydroxylation sites is 1. The summed E-state index contributed by atoms with van der Waals surface area (Å²) >= 11 is 0. The first-order chi connectivity index (χ1) is 17.2. The van der Waals surface area contributed by atoms with Crippen molar-refractivity contribution in [2.24, 2.45) is 0 Å². The van der Waals surface area contributed by atoms with Gasteiger partial charge in [0, 0.05) is 18.3 Å². The van der Waals surface area contributed by atoms with Gasteiger partial charge in [-0.25, -0.2) is 4.98 Å². The van der Waals surface area contributed by atoms with Crippen molar-refractivity contribution in [1.29, 1.82) is 10.8 Å². The highest BCUT2D eigenvalue weighted by Gasteiger charge is 2.27. The molecule has 2 N–H and O–H groups in total. The number of ether oxygens (including phenoxy) is 1. The molecule has 0 fully saturated rings. The van der Waals surface area contributed by atoms with E-state index in [4.69, 9.17) is 20.5 Å². The van der Waals surface area contributed by atoms with Crippen molar-refractivity contribution in [1.82, 2.24) is 14.5 Å². The molecular weight excluding hydrogens is 454 g/mol. The van der Waals surface area contributed by atoms with Crippen molar-refractivity contribution in [2.45, 2.75) is 46.6 Å². The van der Waals surface area contributed by atoms with Gasteiger partial charge in [-0.15, -0.1) is 0 Å². The molecule has 1 atom stereocenters. The Balaban J connectivity index is 2.16. The van der Waals surface area contributed by atoms with E-state index in [9.17, 15) is 9.59 Å². The smallest absolute Gasteiger partial charge is 0.309 e. The zero-order chi connectivity index (χ0) is 26.4. The number of aryl methyl sites for hydroxylation is 1. The number of rotatable bonds is 9. The zero-order valence-corrected chi connectivity index (χ0v) is 21.5. The number of carbonyl (C=O) groups is 1. The average molecular weight is 488 g/mol. The van der Waals surface area contributed by atoms with Crippen LogP contribution in [-0.4, -0.2) is 45.6 Å². The van der Waals surface area contributed by atoms with Crippen molar-refractivity contribution in [3.05, 3.63) is 81.9 Å². The minimum Gasteiger partial charge on any atom is -0.466 e. The predicted octanol–water partition coefficient (Wildman–Crippen LogP) is 4.97. The Morgan fingerprint density at radius 2 is 1.83 bits per heavy atom. The van der Waals surface area contributed by atoms with Gasteiger partial charge in [0.1, 0.15) is 11.7 Å². The fourth-order valence-corrected chi connectivity index (χ4v) is 4.27. The van der Waals surface area contributed by atoms with Gasteiger partial charge >= 0.3 is 5.97 Å². The minimum atomic E-state index is -0.444. The van der Waals surface area contributed by atoms with Crippen molar-refractivity contribution in [3.63, 3.8) is 0 Å². The van der Waals surface area contributed by atoms with E-state index in [1.807, 2.05) is 62.4 Å². The number of nitrogens with zero attached hydrogens (tertiary/aromatic N) is 3. The summed E-state index contributed by atoms with van der Waals surface area (Å²) in [5.41, 5.74) is 2.46. The molecule has 188 valence electrons. The van der Waals surface area contributed by atoms with Crippen molar-refractivity contribution in [3.8, 4) is 5.69 Å². The summed E-state index contributed by atoms with van der Waals surface area (Å²) < 4.78 is 6.61. The fraction of sp³-hybridized carbons (Fsp3) is 0.321. The molecule has 8 heteroatoms. The molecule has 0 saturated heterocycles. The standard InChI is InChI=1S/C28H33N5O3/c1-6-23(32(5)26(30)21(19(4)29)16-17-24(34)36-7-2)27-31-22-15-11-12-18(3)25(22)28(35)33(27)20-13-9-8-10-14-20/h8-16,23,29-30H,6-7,17H2,1-5H3/b21-16-,29-19?,30-26?. The molecule has 0 radical (unpaired) electrons. The van der Waals surface area contributed by atoms with E-state index < -0.39 is 12.0 Å². The molecule has 0 aliphatic heterocycles. The number of amidine groups is 1. The minimum absolute atomic E-state index is 0.0331. The second kappa shape index (κ2) is 11.6. The topological polar surface area (TPSA) is 112 Å². The van der Waals surface area contributed by atoms with Gasteiger partial charge in [-0.05, 0) is 51.0 Å². The molecule has 1 aromatic heterocycles. The summed E-state index contributed by atoms with van der Waals surface area (Å²) in [5.74, 6) is 0.159. The summed E-state index contributed by atoms with van der Waals surface area (Å²) in [4.78, 5) is 32.3. The Labute approximate surface area is 211 Å². The zero-order valence-electron chi connectivity index (χ0n) is 21.5. The summed E-state index contributed by atoms with van der Waals surface area (Å²) in [5, 5.41) is 17.7. The molecule has 2 aromatic carbocycles. The number of likely N-dealkylation sites (N-methyl/N-ethyl adjacent to an activating group) is 1. The number of aromatic nitrogens is 2. The SMILES string of the molecule is CCOC(=O)C/C=C(/C(C)=N)C(=N)N(C)C(CC)c1nc2cccc(C)c2c(=O)n1-c1ccccc1. The van der Waals surface area contributed by atoms with Gasteiger partial charge in [0.15, 0.2) is 0 Å². The van der Waals surface area contributed by atoms with Gasteiger partial charge in [-0.2, -0.15) is 0 Å². The fourth-order valence-electron chi connectivity index (χ4n) is 4.27. The predicted molar refractivity (Wildman–Crippen MR) is 143 cm³/mol. The summed E-state index contributed by atoms with van der Waals surface area (Å²) in [6.45, 7) is 7.45. The van der Waals surface area contributed by atoms with Crippen LogP contribution >= 0.6 is 0 Å². The molecule has 0 aliphatic carbocycles. The largest absolute Gasteiger partial charge is 0.466 e. The number of hydrogen-bond donors (Lipinski definition) is 2. The molecule has 0 spiro atoms. The maximum atomic E-state index is 13.8. The van der Waals surface area contributed by atoms with E-state index >= 15 is 0 Å². The number of benzene rings is 2. The maximum absolute atomic E-state index is 13.8. The van der Waals surface area contributed by atoms with Gasteiger partial charge in [0.25, 0.3) is 5.56 Å². The number of carbonyl (C=O) groups excluding carboxylic acids is 1. The van der Waals surface area contributed by atoms with Gasteiger partial charge < -0.3 is 15.0 Å². The van der Waals surface area contributed by atoms with Crippen LogP contribution in [0.25, 0.3) is 16.6 Å². The first-order valence-electron chi connectivity index (χ1n) is 12.0. The van der Waals surface area contributed by atoms with E-state index in [0.717, 1.165) is 5.56 Å². The third-order valence-corrected chi connectivity index (χ3v) is 6.09. The highest BCUT2D eigenvalue weighted by atomic mass is 16.5. The molecule has 36 heavy (non-hydrogen) atoms. The lowest BCUT2D eigenvalue weighted by Gasteiger charge is -2.31. The highest BCUT2D eigenvalue weighted by Crippen LogP contribution is 2.27. The van der Waals surface area contributed by atoms with E-state index in [2.05, 4.69) is 0 Å². The number of fused-ring (bicyclic) bond motifs is 1. The molecule has 1 heterocycles. The van der Waals surface area contributed by atoms with Crippen LogP contribution in [0.4, 0.5) is 0 Å². The quantitative estimate of drug-likeness (QED) is 0.251. The third-order valence-electron chi connectivity index (χ3n) is 6.09. The summed E-state index contributed by atoms with van der Waals surface area (Å²) in [6, 6.07) is 14.5. The monoisotopic (exact) mass is 487 g/mol. The molecule has 3 aromatic rings. The summed E-state index contributed by atoms with van der Waals surface area (Å²) in [6.07, 6.45) is 2.07. The van der Waals surface area contributed by atoms with Crippen LogP contribution in [0, 0.1) is 17.7 Å². The van der Waals surface area contributed by atoms with Crippen LogP contribution in [0.15, 0.2) is 65.0 Å². The molecule has 0 bridgehead atoms. The van der Waals surface area contributed by atoms with Gasteiger partial charge in [0.05, 0.1) is 35.7 Å². The average Bonchev–Trinajstić information content (AvgIpc) is 2.85. The van der Waals surface area contributed by atoms with Gasteiger partial charge in [-0.3, -0.25) is 19.6 Å². The van der Waals surface area contributed by atoms with Crippen LogP contribution in [0.5, 0.6) is 0 Å². The lowest BCUT2D eigenvalue weighted by atomic mass is 10.0. The van der Waals surface area contributed by atoms with Crippen LogP contribution < -0.4 is 5.56 Å². The van der Waals surface area contributed by atoms with Crippen molar-refractivity contribution in [2.75, 3.05) is 13.7 Å². The lowest BCUT2D eigenvalue weighted by Crippen LogP contribution is -2.37. The first-order valence-corrected chi connectivity index (χ1v) is 12.0. The molecule has 0 aliphatic rings. The Bertz CT molecular complexity index is 1380. The van der Waals surface area contributed by atoms with E-state index in [1.54, 1.807) is 36.4 Å². The Morgan fingerprint density at radius 1 is 1.14 bits per heavy atom. The van der Waals surface area contributed by atoms with E-state index in [0.29, 0.717) is 34.4 Å². The maximum Gasteiger partial charge on any atom is 0.309 e. The van der Waals surface area contributed by atoms with Crippen molar-refractivity contribution < 1.29 is 9.53 Å². The van der Waals surface area contributed by atoms with Crippen LogP contribution in [-0.2, 0) is 9.53 Å². The molecule has 3 rings (SSSR count). The van der Waals surface area contributed by atoms with Crippen LogP contribution in [0.1, 0.15) is 51.0 Å². The summed E-state index contributed by atoms with van der Waals surface area (Å²) in [7, 11) is 1.75. The van der Waals surface area contributed by atoms with Crippen LogP contribution in [0.3, 0.4) is 0 Å². The Hall–Kier alpha value is -4.07. The van der Waals surface area contributed by atoms with Gasteiger partial charge in [-0.1, -0.05) is 43.3 Å². The molecule has 0 amide bonds. The highest BCUT2D eigenvalue weighted by molar-refractivity contribution is 6.20. The van der Waals surface area contributed by atoms with Crippen LogP contribution in [0.2, 0.25) is 0 Å². The second-order valence-electron chi connectivity index (χ2n) is 8.55. The number of hydrogen-bond acceptors (Lipinski definition) is 6. The number of nitrogens with one attached hydrogen (secondary N) is 2. The van der Waals surface area contributed by atoms with Gasteiger partial charge in [0.2, 0.25) is 0 Å². The van der Waals surface area contributed by atoms with E-state index in [1.165, 1.54) is 0 Å². The Kier molecular flexibility index (Phi) is 8.53. The number of esters is 1. The normalized spacial score (nSPS) is 12.3. The molecular formula is C28H33N5O3. The van der Waals surface area contributed by atoms with Crippen molar-refractivity contribution >= 4 is 28.4 Å². The molecule has 8 nitrogen and oxygen atoms in total. The lowest BCUT2D eigenvalue weighted by molar-refractivity contribution is -0.142. The first kappa shape index (κ1) is 26.5. The molecule has 0 saturated carbocycles. The van der Waals surface area contributed by atoms with E-state index in [-0.39, 0.29) is 30.1 Å². The second-order valence-corrected chi connectivity index (χ2v) is 8.55. The molecule has 1 unspecified atom stereocenters. The third kappa shape index (κ3) is 5.43.